The van der Waals surface area contributed by atoms with Crippen LogP contribution in [0.5, 0.6) is 0 Å². The maximum atomic E-state index is 12.9. The van der Waals surface area contributed by atoms with Gasteiger partial charge in [-0.05, 0) is 12.5 Å². The Morgan fingerprint density at radius 3 is 2.12 bits per heavy atom. The fourth-order valence-electron chi connectivity index (χ4n) is 1.36. The van der Waals surface area contributed by atoms with Crippen molar-refractivity contribution in [1.29, 1.82) is 0 Å². The van der Waals surface area contributed by atoms with E-state index in [1.165, 1.54) is 11.6 Å². The molecule has 16 heavy (non-hydrogen) atoms. The minimum Gasteiger partial charge on any atom is -0.236 e. The molecule has 0 amide bonds. The molecule has 0 aromatic heterocycles. The average molecular weight is 363 g/mol. The van der Waals surface area contributed by atoms with Crippen LogP contribution in [-0.4, -0.2) is 0 Å². The third-order valence-electron chi connectivity index (χ3n) is 2.15. The van der Waals surface area contributed by atoms with Crippen molar-refractivity contribution in [2.24, 2.45) is 0 Å². The van der Waals surface area contributed by atoms with Crippen LogP contribution in [0.15, 0.2) is 42.5 Å². The molecule has 0 saturated heterocycles. The Balaban J connectivity index is 0.00000112. The Bertz CT molecular complexity index is 438. The number of halogens is 1. The van der Waals surface area contributed by atoms with Crippen LogP contribution >= 0.6 is 0 Å². The molecule has 0 spiro atoms. The van der Waals surface area contributed by atoms with Gasteiger partial charge in [-0.25, -0.2) is 4.39 Å². The molecule has 2 aromatic rings. The third-order valence-corrected chi connectivity index (χ3v) is 2.15. The van der Waals surface area contributed by atoms with E-state index in [-0.39, 0.29) is 71.2 Å². The van der Waals surface area contributed by atoms with Crippen molar-refractivity contribution in [3.05, 3.63) is 59.9 Å². The van der Waals surface area contributed by atoms with E-state index in [0.717, 1.165) is 11.1 Å². The van der Waals surface area contributed by atoms with Crippen LogP contribution in [-0.2, 0) is 65.4 Å². The van der Waals surface area contributed by atoms with Gasteiger partial charge < -0.3 is 0 Å². The monoisotopic (exact) mass is 363 g/mol. The molecule has 2 rings (SSSR count). The summed E-state index contributed by atoms with van der Waals surface area (Å²) in [5, 5.41) is 0. The quantitative estimate of drug-likeness (QED) is 0.680. The van der Waals surface area contributed by atoms with Crippen LogP contribution in [0.2, 0.25) is 0 Å². The average Bonchev–Trinajstić information content (AvgIpc) is 2.19. The molecule has 2 radical (unpaired) electrons. The first-order valence-corrected chi connectivity index (χ1v) is 4.50. The largest absolute Gasteiger partial charge is 0.236 e. The summed E-state index contributed by atoms with van der Waals surface area (Å²) < 4.78 is 12.9. The summed E-state index contributed by atoms with van der Waals surface area (Å²) in [6.45, 7) is 2.03. The minimum absolute atomic E-state index is 0. The van der Waals surface area contributed by atoms with Crippen molar-refractivity contribution >= 4 is 0 Å². The minimum atomic E-state index is -0.317. The summed E-state index contributed by atoms with van der Waals surface area (Å²) in [5.74, 6) is -0.317. The molecule has 0 unspecified atom stereocenters. The van der Waals surface area contributed by atoms with Gasteiger partial charge in [0.15, 0.2) is 0 Å². The van der Waals surface area contributed by atoms with Gasteiger partial charge in [0.05, 0.1) is 0 Å². The summed E-state index contributed by atoms with van der Waals surface area (Å²) in [7, 11) is 0. The molecule has 2 aromatic carbocycles. The number of rotatable bonds is 1. The number of benzene rings is 2. The van der Waals surface area contributed by atoms with E-state index >= 15 is 0 Å². The van der Waals surface area contributed by atoms with E-state index in [2.05, 4.69) is 6.07 Å². The van der Waals surface area contributed by atoms with E-state index in [1.54, 1.807) is 6.07 Å². The predicted octanol–water partition coefficient (Wildman–Crippen LogP) is 3.60. The van der Waals surface area contributed by atoms with Crippen LogP contribution in [0.25, 0.3) is 11.1 Å². The van der Waals surface area contributed by atoms with E-state index in [1.807, 2.05) is 37.3 Å². The molecule has 3 heteroatoms. The van der Waals surface area contributed by atoms with Crippen LogP contribution in [0.4, 0.5) is 4.39 Å². The molecule has 0 N–H and O–H groups in total. The first kappa shape index (κ1) is 16.6. The number of hydrogen-bond acceptors (Lipinski definition) is 0. The van der Waals surface area contributed by atoms with E-state index in [9.17, 15) is 4.39 Å². The van der Waals surface area contributed by atoms with Gasteiger partial charge in [-0.15, -0.1) is 17.7 Å². The van der Waals surface area contributed by atoms with E-state index < -0.39 is 0 Å². The van der Waals surface area contributed by atoms with Gasteiger partial charge in [0.25, 0.3) is 0 Å². The maximum absolute atomic E-state index is 12.9. The summed E-state index contributed by atoms with van der Waals surface area (Å²) in [6, 6.07) is 15.4. The van der Waals surface area contributed by atoms with E-state index in [4.69, 9.17) is 0 Å². The van der Waals surface area contributed by atoms with Crippen LogP contribution < -0.4 is 0 Å². The third kappa shape index (κ3) is 4.45. The van der Waals surface area contributed by atoms with Crippen molar-refractivity contribution in [2.45, 2.75) is 6.92 Å². The maximum Gasteiger partial charge on any atom is 0.0114 e. The van der Waals surface area contributed by atoms with Crippen molar-refractivity contribution in [2.75, 3.05) is 0 Å². The summed E-state index contributed by atoms with van der Waals surface area (Å²) in [4.78, 5) is 0. The summed E-state index contributed by atoms with van der Waals surface area (Å²) >= 11 is 0. The van der Waals surface area contributed by atoms with Gasteiger partial charge in [-0.3, -0.25) is 0 Å². The molecular weight excluding hydrogens is 353 g/mol. The fraction of sp³-hybridized carbons (Fsp3) is 0.0769. The van der Waals surface area contributed by atoms with Crippen LogP contribution in [0.1, 0.15) is 5.56 Å². The zero-order valence-corrected chi connectivity index (χ0v) is 14.8. The number of aryl methyl sites for hydroxylation is 1. The zero-order chi connectivity index (χ0) is 9.97. The summed E-state index contributed by atoms with van der Waals surface area (Å²) in [6.07, 6.45) is 0. The van der Waals surface area contributed by atoms with Gasteiger partial charge in [-0.1, -0.05) is 29.8 Å². The molecule has 0 aliphatic carbocycles. The van der Waals surface area contributed by atoms with Crippen LogP contribution in [0, 0.1) is 18.8 Å². The van der Waals surface area contributed by atoms with Gasteiger partial charge in [0.1, 0.15) is 0 Å². The first-order chi connectivity index (χ1) is 6.75. The second-order valence-electron chi connectivity index (χ2n) is 3.29. The van der Waals surface area contributed by atoms with Gasteiger partial charge >= 0.3 is 0 Å². The predicted molar refractivity (Wildman–Crippen MR) is 55.4 cm³/mol. The van der Waals surface area contributed by atoms with Crippen molar-refractivity contribution in [1.82, 2.24) is 0 Å². The standard InChI is InChI=1S/C13H10F.2Y/c1-10-5-7-11(8-6-10)12-3-2-4-13(14)9-12;;/h2-3,5-9H,1H3;;/q-1;;. The molecule has 76 valence electrons. The van der Waals surface area contributed by atoms with Gasteiger partial charge in [0.2, 0.25) is 0 Å². The molecule has 0 aliphatic heterocycles. The smallest absolute Gasteiger partial charge is 0.0114 e. The van der Waals surface area contributed by atoms with Gasteiger partial charge in [-0.2, -0.15) is 12.1 Å². The summed E-state index contributed by atoms with van der Waals surface area (Å²) in [5.41, 5.74) is 3.13. The molecule has 0 bridgehead atoms. The van der Waals surface area contributed by atoms with Crippen molar-refractivity contribution < 1.29 is 69.8 Å². The molecule has 0 saturated carbocycles. The normalized spacial score (nSPS) is 8.88. The molecule has 0 heterocycles. The van der Waals surface area contributed by atoms with E-state index in [0.29, 0.717) is 0 Å². The molecule has 0 aliphatic rings. The van der Waals surface area contributed by atoms with Crippen LogP contribution in [0.3, 0.4) is 0 Å². The van der Waals surface area contributed by atoms with Crippen molar-refractivity contribution in [3.8, 4) is 11.1 Å². The second kappa shape index (κ2) is 7.82. The second-order valence-corrected chi connectivity index (χ2v) is 3.29. The molecular formula is C13H10FY2-. The molecule has 0 fully saturated rings. The Morgan fingerprint density at radius 2 is 1.56 bits per heavy atom. The number of hydrogen-bond donors (Lipinski definition) is 0. The Labute approximate surface area is 146 Å². The Morgan fingerprint density at radius 1 is 0.938 bits per heavy atom. The Kier molecular flexibility index (Phi) is 8.10. The fourth-order valence-corrected chi connectivity index (χ4v) is 1.36. The molecule has 0 atom stereocenters. The topological polar surface area (TPSA) is 0 Å². The SMILES string of the molecule is Cc1ccc(-c2cc[c-]c(F)c2)cc1.[Y].[Y]. The zero-order valence-electron chi connectivity index (χ0n) is 9.07. The first-order valence-electron chi connectivity index (χ1n) is 4.50. The molecule has 0 nitrogen and oxygen atoms in total. The van der Waals surface area contributed by atoms with Gasteiger partial charge in [0, 0.05) is 71.2 Å². The Hall–Kier alpha value is 0.578. The van der Waals surface area contributed by atoms with Crippen molar-refractivity contribution in [3.63, 3.8) is 0 Å².